The second kappa shape index (κ2) is 8.81. The van der Waals surface area contributed by atoms with Crippen molar-refractivity contribution in [2.45, 2.75) is 33.1 Å². The van der Waals surface area contributed by atoms with E-state index in [0.717, 1.165) is 32.4 Å². The van der Waals surface area contributed by atoms with Gasteiger partial charge >= 0.3 is 0 Å². The molecule has 0 bridgehead atoms. The maximum Gasteiger partial charge on any atom is 0.237 e. The summed E-state index contributed by atoms with van der Waals surface area (Å²) in [6.07, 6.45) is 4.17. The number of amides is 1. The molecule has 1 fully saturated rings. The first kappa shape index (κ1) is 19.9. The van der Waals surface area contributed by atoms with Gasteiger partial charge in [-0.2, -0.15) is 4.31 Å². The number of hydrogen-bond donors (Lipinski definition) is 0. The maximum absolute atomic E-state index is 12.5. The number of rotatable bonds is 7. The summed E-state index contributed by atoms with van der Waals surface area (Å²) in [5, 5.41) is 0. The molecule has 140 valence electrons. The highest BCUT2D eigenvalue weighted by molar-refractivity contribution is 7.88. The Morgan fingerprint density at radius 3 is 2.32 bits per heavy atom. The first-order valence-electron chi connectivity index (χ1n) is 9.02. The van der Waals surface area contributed by atoms with E-state index in [2.05, 4.69) is 24.3 Å². The van der Waals surface area contributed by atoms with Crippen LogP contribution in [0.4, 0.5) is 0 Å². The molecule has 0 aromatic heterocycles. The molecule has 0 radical (unpaired) electrons. The normalized spacial score (nSPS) is 16.6. The number of piperidine rings is 1. The average molecular weight is 367 g/mol. The summed E-state index contributed by atoms with van der Waals surface area (Å²) in [4.78, 5) is 14.3. The van der Waals surface area contributed by atoms with Crippen LogP contribution in [0.3, 0.4) is 0 Å². The Bertz CT molecular complexity index is 651. The van der Waals surface area contributed by atoms with E-state index in [0.29, 0.717) is 12.5 Å². The third-order valence-corrected chi connectivity index (χ3v) is 5.90. The number of nitrogens with zero attached hydrogens (tertiary/aromatic N) is 2. The number of carbonyl (C=O) groups is 1. The minimum Gasteiger partial charge on any atom is -0.342 e. The standard InChI is InChI=1S/C19H30N2O3S/c1-16(2)14-21(25(3,23)24)15-19(22)20-11-9-18(10-12-20)13-17-7-5-4-6-8-17/h4-8,16,18H,9-15H2,1-3H3. The zero-order chi connectivity index (χ0) is 18.4. The fraction of sp³-hybridized carbons (Fsp3) is 0.632. The number of likely N-dealkylation sites (tertiary alicyclic amines) is 1. The smallest absolute Gasteiger partial charge is 0.237 e. The van der Waals surface area contributed by atoms with Crippen LogP contribution in [0.25, 0.3) is 0 Å². The Kier molecular flexibility index (Phi) is 7.02. The van der Waals surface area contributed by atoms with Crippen molar-refractivity contribution >= 4 is 15.9 Å². The van der Waals surface area contributed by atoms with Crippen LogP contribution >= 0.6 is 0 Å². The monoisotopic (exact) mass is 366 g/mol. The van der Waals surface area contributed by atoms with Crippen LogP contribution in [0.2, 0.25) is 0 Å². The van der Waals surface area contributed by atoms with Crippen LogP contribution in [0.1, 0.15) is 32.3 Å². The topological polar surface area (TPSA) is 57.7 Å². The molecule has 1 aliphatic heterocycles. The van der Waals surface area contributed by atoms with Gasteiger partial charge < -0.3 is 4.90 Å². The fourth-order valence-electron chi connectivity index (χ4n) is 3.31. The first-order valence-corrected chi connectivity index (χ1v) is 10.9. The predicted octanol–water partition coefficient (Wildman–Crippen LogP) is 2.39. The summed E-state index contributed by atoms with van der Waals surface area (Å²) < 4.78 is 25.1. The third-order valence-electron chi connectivity index (χ3n) is 4.68. The molecule has 0 saturated carbocycles. The zero-order valence-electron chi connectivity index (χ0n) is 15.5. The van der Waals surface area contributed by atoms with Crippen molar-refractivity contribution in [3.8, 4) is 0 Å². The summed E-state index contributed by atoms with van der Waals surface area (Å²) in [5.74, 6) is 0.705. The van der Waals surface area contributed by atoms with E-state index < -0.39 is 10.0 Å². The van der Waals surface area contributed by atoms with Gasteiger partial charge in [-0.05, 0) is 36.7 Å². The summed E-state index contributed by atoms with van der Waals surface area (Å²) in [6, 6.07) is 10.4. The van der Waals surface area contributed by atoms with E-state index in [9.17, 15) is 13.2 Å². The molecular formula is C19H30N2O3S. The van der Waals surface area contributed by atoms with Gasteiger partial charge in [0, 0.05) is 19.6 Å². The molecular weight excluding hydrogens is 336 g/mol. The Hall–Kier alpha value is -1.40. The number of carbonyl (C=O) groups excluding carboxylic acids is 1. The van der Waals surface area contributed by atoms with Crippen molar-refractivity contribution in [3.63, 3.8) is 0 Å². The van der Waals surface area contributed by atoms with Gasteiger partial charge in [0.25, 0.3) is 0 Å². The van der Waals surface area contributed by atoms with Crippen LogP contribution in [-0.2, 0) is 21.2 Å². The number of hydrogen-bond acceptors (Lipinski definition) is 3. The largest absolute Gasteiger partial charge is 0.342 e. The molecule has 2 rings (SSSR count). The van der Waals surface area contributed by atoms with Crippen molar-refractivity contribution < 1.29 is 13.2 Å². The molecule has 25 heavy (non-hydrogen) atoms. The van der Waals surface area contributed by atoms with Crippen LogP contribution in [0.5, 0.6) is 0 Å². The highest BCUT2D eigenvalue weighted by Crippen LogP contribution is 2.22. The van der Waals surface area contributed by atoms with Gasteiger partial charge in [0.15, 0.2) is 0 Å². The molecule has 1 saturated heterocycles. The molecule has 1 amide bonds. The second-order valence-corrected chi connectivity index (χ2v) is 9.45. The number of sulfonamides is 1. The van der Waals surface area contributed by atoms with E-state index in [1.807, 2.05) is 24.8 Å². The first-order chi connectivity index (χ1) is 11.8. The molecule has 1 aromatic carbocycles. The molecule has 0 N–H and O–H groups in total. The van der Waals surface area contributed by atoms with Crippen LogP contribution in [-0.4, -0.2) is 56.0 Å². The minimum atomic E-state index is -3.36. The van der Waals surface area contributed by atoms with Crippen molar-refractivity contribution in [2.75, 3.05) is 32.4 Å². The second-order valence-electron chi connectivity index (χ2n) is 7.46. The van der Waals surface area contributed by atoms with Crippen molar-refractivity contribution in [2.24, 2.45) is 11.8 Å². The van der Waals surface area contributed by atoms with Gasteiger partial charge in [-0.25, -0.2) is 8.42 Å². The lowest BCUT2D eigenvalue weighted by atomic mass is 9.90. The molecule has 6 heteroatoms. The van der Waals surface area contributed by atoms with E-state index in [1.54, 1.807) is 0 Å². The molecule has 1 aliphatic rings. The molecule has 0 unspecified atom stereocenters. The molecule has 0 aliphatic carbocycles. The summed E-state index contributed by atoms with van der Waals surface area (Å²) in [7, 11) is -3.36. The van der Waals surface area contributed by atoms with E-state index in [1.165, 1.54) is 16.1 Å². The predicted molar refractivity (Wildman–Crippen MR) is 101 cm³/mol. The van der Waals surface area contributed by atoms with Gasteiger partial charge in [-0.3, -0.25) is 4.79 Å². The van der Waals surface area contributed by atoms with Crippen molar-refractivity contribution in [1.29, 1.82) is 0 Å². The highest BCUT2D eigenvalue weighted by Gasteiger charge is 2.27. The van der Waals surface area contributed by atoms with E-state index in [4.69, 9.17) is 0 Å². The van der Waals surface area contributed by atoms with Crippen molar-refractivity contribution in [3.05, 3.63) is 35.9 Å². The van der Waals surface area contributed by atoms with Gasteiger partial charge in [0.05, 0.1) is 12.8 Å². The molecule has 0 spiro atoms. The molecule has 0 atom stereocenters. The lowest BCUT2D eigenvalue weighted by molar-refractivity contribution is -0.132. The summed E-state index contributed by atoms with van der Waals surface area (Å²) >= 11 is 0. The third kappa shape index (κ3) is 6.44. The Balaban J connectivity index is 1.85. The Morgan fingerprint density at radius 1 is 1.20 bits per heavy atom. The van der Waals surface area contributed by atoms with E-state index >= 15 is 0 Å². The van der Waals surface area contributed by atoms with Crippen LogP contribution < -0.4 is 0 Å². The molecule has 5 nitrogen and oxygen atoms in total. The summed E-state index contributed by atoms with van der Waals surface area (Å²) in [6.45, 7) is 5.69. The average Bonchev–Trinajstić information content (AvgIpc) is 2.54. The quantitative estimate of drug-likeness (QED) is 0.744. The fourth-order valence-corrected chi connectivity index (χ4v) is 4.22. The lowest BCUT2D eigenvalue weighted by Gasteiger charge is -2.33. The number of benzene rings is 1. The lowest BCUT2D eigenvalue weighted by Crippen LogP contribution is -2.46. The van der Waals surface area contributed by atoms with E-state index in [-0.39, 0.29) is 18.4 Å². The van der Waals surface area contributed by atoms with Gasteiger partial charge in [0.1, 0.15) is 0 Å². The summed E-state index contributed by atoms with van der Waals surface area (Å²) in [5.41, 5.74) is 1.34. The molecule has 1 aromatic rings. The van der Waals surface area contributed by atoms with Crippen LogP contribution in [0, 0.1) is 11.8 Å². The minimum absolute atomic E-state index is 0.0413. The Morgan fingerprint density at radius 2 is 1.80 bits per heavy atom. The maximum atomic E-state index is 12.5. The molecule has 1 heterocycles. The van der Waals surface area contributed by atoms with Gasteiger partial charge in [-0.15, -0.1) is 0 Å². The van der Waals surface area contributed by atoms with Crippen LogP contribution in [0.15, 0.2) is 30.3 Å². The SMILES string of the molecule is CC(C)CN(CC(=O)N1CCC(Cc2ccccc2)CC1)S(C)(=O)=O. The van der Waals surface area contributed by atoms with Crippen molar-refractivity contribution in [1.82, 2.24) is 9.21 Å². The van der Waals surface area contributed by atoms with Gasteiger partial charge in [-0.1, -0.05) is 44.2 Å². The van der Waals surface area contributed by atoms with Gasteiger partial charge in [0.2, 0.25) is 15.9 Å². The Labute approximate surface area is 152 Å². The zero-order valence-corrected chi connectivity index (χ0v) is 16.3. The highest BCUT2D eigenvalue weighted by atomic mass is 32.2.